The van der Waals surface area contributed by atoms with Crippen molar-refractivity contribution in [3.63, 3.8) is 0 Å². The van der Waals surface area contributed by atoms with E-state index in [0.717, 1.165) is 48.6 Å². The van der Waals surface area contributed by atoms with E-state index in [9.17, 15) is 9.59 Å². The predicted molar refractivity (Wildman–Crippen MR) is 147 cm³/mol. The Kier molecular flexibility index (Phi) is 10.6. The van der Waals surface area contributed by atoms with Crippen LogP contribution < -0.4 is 15.4 Å². The van der Waals surface area contributed by atoms with E-state index in [1.165, 1.54) is 51.2 Å². The maximum absolute atomic E-state index is 12.7. The highest BCUT2D eigenvalue weighted by atomic mass is 16.5. The number of carbonyl (C=O) groups is 2. The minimum absolute atomic E-state index is 0.0186. The van der Waals surface area contributed by atoms with Gasteiger partial charge < -0.3 is 19.8 Å². The second-order valence-corrected chi connectivity index (χ2v) is 10.8. The molecule has 2 fully saturated rings. The summed E-state index contributed by atoms with van der Waals surface area (Å²) in [5.41, 5.74) is 2.63. The van der Waals surface area contributed by atoms with E-state index in [1.54, 1.807) is 14.2 Å². The van der Waals surface area contributed by atoms with Gasteiger partial charge in [-0.25, -0.2) is 4.98 Å². The molecule has 8 heteroatoms. The summed E-state index contributed by atoms with van der Waals surface area (Å²) < 4.78 is 11.3. The number of methoxy groups -OCH3 is 1. The van der Waals surface area contributed by atoms with Gasteiger partial charge in [-0.2, -0.15) is 0 Å². The molecule has 2 aliphatic rings. The predicted octanol–water partition coefficient (Wildman–Crippen LogP) is 5.18. The molecule has 208 valence electrons. The first-order chi connectivity index (χ1) is 18.6. The number of oxazole rings is 1. The Balaban J connectivity index is 1.31. The van der Waals surface area contributed by atoms with Gasteiger partial charge in [-0.15, -0.1) is 0 Å². The Morgan fingerprint density at radius 2 is 1.95 bits per heavy atom. The number of unbranched alkanes of at least 4 members (excludes halogenated alkanes) is 1. The lowest BCUT2D eigenvalue weighted by atomic mass is 9.86. The summed E-state index contributed by atoms with van der Waals surface area (Å²) in [6.07, 6.45) is 14.9. The standard InChI is InChI=1S/C30H44N4O4/c1-31-28(35)16-14-23-13-15-25(37-2)19-24(23)20-34-18-8-12-27(34)30-33-26(21-38-30)29(36)32-17-7-6-11-22-9-4-3-5-10-22/h13,15,19,21-22,27H,3-12,14,16-18,20H2,1-2H3,(H,31,35)(H,32,36)/t27-/m0/s1. The smallest absolute Gasteiger partial charge is 0.273 e. The van der Waals surface area contributed by atoms with Gasteiger partial charge in [-0.3, -0.25) is 14.5 Å². The van der Waals surface area contributed by atoms with Crippen molar-refractivity contribution in [2.24, 2.45) is 5.92 Å². The van der Waals surface area contributed by atoms with Crippen molar-refractivity contribution in [1.82, 2.24) is 20.5 Å². The first kappa shape index (κ1) is 28.1. The SMILES string of the molecule is CNC(=O)CCc1ccc(OC)cc1CN1CCC[C@H]1c1nc(C(=O)NCCCCC2CCCCC2)co1. The van der Waals surface area contributed by atoms with E-state index in [-0.39, 0.29) is 17.9 Å². The molecule has 1 atom stereocenters. The highest BCUT2D eigenvalue weighted by Crippen LogP contribution is 2.34. The number of carbonyl (C=O) groups excluding carboxylic acids is 2. The van der Waals surface area contributed by atoms with Gasteiger partial charge in [0.2, 0.25) is 11.8 Å². The zero-order valence-electron chi connectivity index (χ0n) is 23.1. The Morgan fingerprint density at radius 1 is 1.11 bits per heavy atom. The van der Waals surface area contributed by atoms with E-state index < -0.39 is 0 Å². The van der Waals surface area contributed by atoms with Crippen LogP contribution in [0.3, 0.4) is 0 Å². The van der Waals surface area contributed by atoms with Gasteiger partial charge >= 0.3 is 0 Å². The molecular formula is C30H44N4O4. The highest BCUT2D eigenvalue weighted by Gasteiger charge is 2.31. The van der Waals surface area contributed by atoms with Gasteiger partial charge in [0.15, 0.2) is 5.69 Å². The molecule has 2 aromatic rings. The van der Waals surface area contributed by atoms with Crippen LogP contribution in [0.15, 0.2) is 28.9 Å². The van der Waals surface area contributed by atoms with Crippen LogP contribution in [0.5, 0.6) is 5.75 Å². The van der Waals surface area contributed by atoms with E-state index in [2.05, 4.69) is 26.6 Å². The van der Waals surface area contributed by atoms with Crippen LogP contribution in [0.1, 0.15) is 104 Å². The number of aromatic nitrogens is 1. The van der Waals surface area contributed by atoms with Crippen LogP contribution in [0, 0.1) is 5.92 Å². The lowest BCUT2D eigenvalue weighted by Gasteiger charge is -2.23. The topological polar surface area (TPSA) is 96.7 Å². The maximum atomic E-state index is 12.7. The Labute approximate surface area is 226 Å². The fourth-order valence-electron chi connectivity index (χ4n) is 5.88. The largest absolute Gasteiger partial charge is 0.497 e. The molecule has 1 aliphatic heterocycles. The summed E-state index contributed by atoms with van der Waals surface area (Å²) in [4.78, 5) is 31.4. The van der Waals surface area contributed by atoms with E-state index in [4.69, 9.17) is 9.15 Å². The number of amides is 2. The van der Waals surface area contributed by atoms with Gasteiger partial charge in [0.25, 0.3) is 5.91 Å². The number of likely N-dealkylation sites (tertiary alicyclic amines) is 1. The molecule has 1 aliphatic carbocycles. The van der Waals surface area contributed by atoms with E-state index in [1.807, 2.05) is 12.1 Å². The molecule has 1 saturated carbocycles. The van der Waals surface area contributed by atoms with E-state index in [0.29, 0.717) is 37.5 Å². The van der Waals surface area contributed by atoms with Crippen LogP contribution in [0.4, 0.5) is 0 Å². The summed E-state index contributed by atoms with van der Waals surface area (Å²) in [6, 6.07) is 6.06. The summed E-state index contributed by atoms with van der Waals surface area (Å²) in [6.45, 7) is 2.30. The number of aryl methyl sites for hydroxylation is 1. The minimum Gasteiger partial charge on any atom is -0.497 e. The Morgan fingerprint density at radius 3 is 2.74 bits per heavy atom. The molecule has 0 unspecified atom stereocenters. The van der Waals surface area contributed by atoms with Crippen LogP contribution >= 0.6 is 0 Å². The average molecular weight is 525 g/mol. The molecule has 38 heavy (non-hydrogen) atoms. The molecule has 8 nitrogen and oxygen atoms in total. The monoisotopic (exact) mass is 524 g/mol. The minimum atomic E-state index is -0.161. The molecule has 0 spiro atoms. The second kappa shape index (κ2) is 14.3. The number of ether oxygens (including phenoxy) is 1. The lowest BCUT2D eigenvalue weighted by Crippen LogP contribution is -2.26. The highest BCUT2D eigenvalue weighted by molar-refractivity contribution is 5.91. The van der Waals surface area contributed by atoms with Gasteiger partial charge in [0.05, 0.1) is 13.2 Å². The first-order valence-corrected chi connectivity index (χ1v) is 14.4. The van der Waals surface area contributed by atoms with Crippen molar-refractivity contribution in [1.29, 1.82) is 0 Å². The fourth-order valence-corrected chi connectivity index (χ4v) is 5.88. The molecule has 0 bridgehead atoms. The number of hydrogen-bond donors (Lipinski definition) is 2. The summed E-state index contributed by atoms with van der Waals surface area (Å²) in [5.74, 6) is 2.15. The number of nitrogens with one attached hydrogen (secondary N) is 2. The summed E-state index contributed by atoms with van der Waals surface area (Å²) in [7, 11) is 3.33. The molecule has 2 amide bonds. The van der Waals surface area contributed by atoms with Crippen molar-refractivity contribution in [2.45, 2.75) is 89.6 Å². The average Bonchev–Trinajstić information content (AvgIpc) is 3.62. The zero-order chi connectivity index (χ0) is 26.7. The Hall–Kier alpha value is -2.87. The third kappa shape index (κ3) is 7.82. The van der Waals surface area contributed by atoms with E-state index >= 15 is 0 Å². The third-order valence-electron chi connectivity index (χ3n) is 8.14. The quantitative estimate of drug-likeness (QED) is 0.351. The third-order valence-corrected chi connectivity index (χ3v) is 8.14. The molecule has 2 heterocycles. The van der Waals surface area contributed by atoms with Gasteiger partial charge in [-0.05, 0) is 61.4 Å². The van der Waals surface area contributed by atoms with Crippen LogP contribution in [0.25, 0.3) is 0 Å². The first-order valence-electron chi connectivity index (χ1n) is 14.4. The second-order valence-electron chi connectivity index (χ2n) is 10.8. The maximum Gasteiger partial charge on any atom is 0.273 e. The van der Waals surface area contributed by atoms with Gasteiger partial charge in [0.1, 0.15) is 12.0 Å². The molecule has 4 rings (SSSR count). The molecule has 1 aromatic carbocycles. The lowest BCUT2D eigenvalue weighted by molar-refractivity contribution is -0.120. The van der Waals surface area contributed by atoms with Crippen LogP contribution in [-0.4, -0.2) is 48.9 Å². The van der Waals surface area contributed by atoms with Crippen molar-refractivity contribution in [3.05, 3.63) is 47.2 Å². The van der Waals surface area contributed by atoms with Crippen molar-refractivity contribution in [2.75, 3.05) is 27.2 Å². The molecule has 1 aromatic heterocycles. The van der Waals surface area contributed by atoms with Crippen LogP contribution in [0.2, 0.25) is 0 Å². The molecule has 1 saturated heterocycles. The number of benzene rings is 1. The van der Waals surface area contributed by atoms with Crippen molar-refractivity contribution in [3.8, 4) is 5.75 Å². The zero-order valence-corrected chi connectivity index (χ0v) is 23.1. The molecule has 2 N–H and O–H groups in total. The Bertz CT molecular complexity index is 1050. The van der Waals surface area contributed by atoms with Crippen LogP contribution in [-0.2, 0) is 17.8 Å². The summed E-state index contributed by atoms with van der Waals surface area (Å²) in [5, 5.41) is 5.71. The normalized spacial score (nSPS) is 18.4. The van der Waals surface area contributed by atoms with Crippen molar-refractivity contribution >= 4 is 11.8 Å². The number of hydrogen-bond acceptors (Lipinski definition) is 6. The molecular weight excluding hydrogens is 480 g/mol. The van der Waals surface area contributed by atoms with Gasteiger partial charge in [-0.1, -0.05) is 51.0 Å². The number of rotatable bonds is 13. The fraction of sp³-hybridized carbons (Fsp3) is 0.633. The number of nitrogens with zero attached hydrogens (tertiary/aromatic N) is 2. The summed E-state index contributed by atoms with van der Waals surface area (Å²) >= 11 is 0. The van der Waals surface area contributed by atoms with Gasteiger partial charge in [0, 0.05) is 26.6 Å². The van der Waals surface area contributed by atoms with Crippen molar-refractivity contribution < 1.29 is 18.7 Å². The molecule has 0 radical (unpaired) electrons.